The lowest BCUT2D eigenvalue weighted by molar-refractivity contribution is 0.584. The van der Waals surface area contributed by atoms with Crippen molar-refractivity contribution in [3.63, 3.8) is 0 Å². The average molecular weight is 294 g/mol. The Hall–Kier alpha value is -1.43. The standard InChI is InChI=1S/C15H16F2N2S/c1-10-6-7-11(8-13(10)17)14(19-18)9-20-15-5-3-2-4-12(15)16/h2-8,14,19H,9,18H2,1H3. The van der Waals surface area contributed by atoms with Gasteiger partial charge in [-0.2, -0.15) is 0 Å². The molecule has 1 unspecified atom stereocenters. The van der Waals surface area contributed by atoms with Crippen molar-refractivity contribution in [2.24, 2.45) is 5.84 Å². The first kappa shape index (κ1) is 15.0. The molecule has 1 atom stereocenters. The van der Waals surface area contributed by atoms with E-state index in [-0.39, 0.29) is 17.7 Å². The summed E-state index contributed by atoms with van der Waals surface area (Å²) in [7, 11) is 0. The van der Waals surface area contributed by atoms with E-state index in [1.165, 1.54) is 23.9 Å². The van der Waals surface area contributed by atoms with Gasteiger partial charge in [0.05, 0.1) is 6.04 Å². The lowest BCUT2D eigenvalue weighted by Gasteiger charge is -2.16. The molecule has 0 fully saturated rings. The Kier molecular flexibility index (Phi) is 5.11. The van der Waals surface area contributed by atoms with E-state index in [2.05, 4.69) is 5.43 Å². The molecule has 0 aliphatic carbocycles. The van der Waals surface area contributed by atoms with Gasteiger partial charge < -0.3 is 0 Å². The normalized spacial score (nSPS) is 12.4. The fraction of sp³-hybridized carbons (Fsp3) is 0.200. The van der Waals surface area contributed by atoms with Gasteiger partial charge >= 0.3 is 0 Å². The van der Waals surface area contributed by atoms with Crippen LogP contribution in [0.5, 0.6) is 0 Å². The first-order chi connectivity index (χ1) is 9.61. The fourth-order valence-electron chi connectivity index (χ4n) is 1.80. The van der Waals surface area contributed by atoms with Crippen molar-refractivity contribution in [1.29, 1.82) is 0 Å². The molecule has 0 amide bonds. The van der Waals surface area contributed by atoms with Gasteiger partial charge in [0.1, 0.15) is 11.6 Å². The van der Waals surface area contributed by atoms with E-state index >= 15 is 0 Å². The maximum atomic E-state index is 13.6. The van der Waals surface area contributed by atoms with Crippen molar-refractivity contribution in [3.8, 4) is 0 Å². The predicted molar refractivity (Wildman–Crippen MR) is 78.3 cm³/mol. The van der Waals surface area contributed by atoms with Crippen LogP contribution in [-0.2, 0) is 0 Å². The molecule has 0 heterocycles. The number of nitrogens with two attached hydrogens (primary N) is 1. The minimum Gasteiger partial charge on any atom is -0.271 e. The topological polar surface area (TPSA) is 38.0 Å². The largest absolute Gasteiger partial charge is 0.271 e. The van der Waals surface area contributed by atoms with Crippen LogP contribution >= 0.6 is 11.8 Å². The molecule has 2 aromatic carbocycles. The third-order valence-electron chi connectivity index (χ3n) is 3.04. The van der Waals surface area contributed by atoms with Crippen LogP contribution in [0, 0.1) is 18.6 Å². The third-order valence-corrected chi connectivity index (χ3v) is 4.18. The summed E-state index contributed by atoms with van der Waals surface area (Å²) >= 11 is 1.34. The molecule has 3 N–H and O–H groups in total. The molecule has 0 bridgehead atoms. The Morgan fingerprint density at radius 3 is 2.55 bits per heavy atom. The van der Waals surface area contributed by atoms with Gasteiger partial charge in [-0.1, -0.05) is 24.3 Å². The van der Waals surface area contributed by atoms with Crippen LogP contribution in [0.15, 0.2) is 47.4 Å². The highest BCUT2D eigenvalue weighted by Gasteiger charge is 2.13. The van der Waals surface area contributed by atoms with Crippen LogP contribution in [-0.4, -0.2) is 5.75 Å². The van der Waals surface area contributed by atoms with E-state index in [0.717, 1.165) is 5.56 Å². The van der Waals surface area contributed by atoms with Crippen molar-refractivity contribution < 1.29 is 8.78 Å². The molecular weight excluding hydrogens is 278 g/mol. The number of benzene rings is 2. The second kappa shape index (κ2) is 6.83. The van der Waals surface area contributed by atoms with E-state index < -0.39 is 0 Å². The van der Waals surface area contributed by atoms with Crippen molar-refractivity contribution in [1.82, 2.24) is 5.43 Å². The smallest absolute Gasteiger partial charge is 0.136 e. The second-order valence-electron chi connectivity index (χ2n) is 4.47. The summed E-state index contributed by atoms with van der Waals surface area (Å²) in [6, 6.07) is 11.3. The first-order valence-corrected chi connectivity index (χ1v) is 7.20. The minimum absolute atomic E-state index is 0.241. The predicted octanol–water partition coefficient (Wildman–Crippen LogP) is 3.57. The molecule has 0 saturated heterocycles. The molecule has 20 heavy (non-hydrogen) atoms. The number of hydrogen-bond acceptors (Lipinski definition) is 3. The van der Waals surface area contributed by atoms with Crippen LogP contribution < -0.4 is 11.3 Å². The summed E-state index contributed by atoms with van der Waals surface area (Å²) in [5.74, 6) is 5.50. The molecule has 2 nitrogen and oxygen atoms in total. The summed E-state index contributed by atoms with van der Waals surface area (Å²) in [4.78, 5) is 0.556. The van der Waals surface area contributed by atoms with E-state index in [0.29, 0.717) is 16.2 Å². The highest BCUT2D eigenvalue weighted by Crippen LogP contribution is 2.27. The number of hydrazine groups is 1. The van der Waals surface area contributed by atoms with Gasteiger partial charge in [0.2, 0.25) is 0 Å². The van der Waals surface area contributed by atoms with E-state index in [4.69, 9.17) is 5.84 Å². The molecule has 2 rings (SSSR count). The van der Waals surface area contributed by atoms with Crippen LogP contribution in [0.25, 0.3) is 0 Å². The molecule has 106 valence electrons. The van der Waals surface area contributed by atoms with Crippen molar-refractivity contribution in [3.05, 3.63) is 65.2 Å². The fourth-order valence-corrected chi connectivity index (χ4v) is 2.82. The van der Waals surface area contributed by atoms with Gasteiger partial charge in [0.25, 0.3) is 0 Å². The molecule has 2 aromatic rings. The van der Waals surface area contributed by atoms with E-state index in [1.807, 2.05) is 6.07 Å². The Morgan fingerprint density at radius 2 is 1.90 bits per heavy atom. The van der Waals surface area contributed by atoms with Crippen LogP contribution in [0.2, 0.25) is 0 Å². The van der Waals surface area contributed by atoms with Crippen LogP contribution in [0.3, 0.4) is 0 Å². The molecule has 0 spiro atoms. The lowest BCUT2D eigenvalue weighted by atomic mass is 10.1. The summed E-state index contributed by atoms with van der Waals surface area (Å²) in [5.41, 5.74) is 3.98. The first-order valence-electron chi connectivity index (χ1n) is 6.21. The van der Waals surface area contributed by atoms with Gasteiger partial charge in [-0.3, -0.25) is 11.3 Å². The van der Waals surface area contributed by atoms with Crippen molar-refractivity contribution in [2.45, 2.75) is 17.9 Å². The number of hydrogen-bond donors (Lipinski definition) is 2. The summed E-state index contributed by atoms with van der Waals surface area (Å²) < 4.78 is 27.1. The summed E-state index contributed by atoms with van der Waals surface area (Å²) in [5, 5.41) is 0. The van der Waals surface area contributed by atoms with Gasteiger partial charge in [-0.25, -0.2) is 8.78 Å². The van der Waals surface area contributed by atoms with E-state index in [1.54, 1.807) is 31.2 Å². The zero-order chi connectivity index (χ0) is 14.5. The highest BCUT2D eigenvalue weighted by molar-refractivity contribution is 7.99. The Balaban J connectivity index is 2.09. The Morgan fingerprint density at radius 1 is 1.15 bits per heavy atom. The summed E-state index contributed by atoms with van der Waals surface area (Å²) in [6.07, 6.45) is 0. The maximum absolute atomic E-state index is 13.6. The third kappa shape index (κ3) is 3.56. The van der Waals surface area contributed by atoms with Gasteiger partial charge in [0, 0.05) is 10.6 Å². The molecule has 5 heteroatoms. The van der Waals surface area contributed by atoms with Crippen LogP contribution in [0.4, 0.5) is 8.78 Å². The SMILES string of the molecule is Cc1ccc(C(CSc2ccccc2F)NN)cc1F. The van der Waals surface area contributed by atoms with Gasteiger partial charge in [-0.05, 0) is 36.2 Å². The number of halogens is 2. The zero-order valence-corrected chi connectivity index (χ0v) is 11.9. The second-order valence-corrected chi connectivity index (χ2v) is 5.53. The van der Waals surface area contributed by atoms with Crippen molar-refractivity contribution in [2.75, 3.05) is 5.75 Å². The molecule has 0 aliphatic heterocycles. The molecule has 0 aliphatic rings. The summed E-state index contributed by atoms with van der Waals surface area (Å²) in [6.45, 7) is 1.71. The minimum atomic E-state index is -0.265. The maximum Gasteiger partial charge on any atom is 0.136 e. The zero-order valence-electron chi connectivity index (χ0n) is 11.1. The molecule has 0 aromatic heterocycles. The van der Waals surface area contributed by atoms with Crippen LogP contribution in [0.1, 0.15) is 17.2 Å². The van der Waals surface area contributed by atoms with Gasteiger partial charge in [-0.15, -0.1) is 11.8 Å². The number of aryl methyl sites for hydroxylation is 1. The number of rotatable bonds is 5. The molecular formula is C15H16F2N2S. The average Bonchev–Trinajstić information content (AvgIpc) is 2.45. The Labute approximate surface area is 121 Å². The van der Waals surface area contributed by atoms with E-state index in [9.17, 15) is 8.78 Å². The highest BCUT2D eigenvalue weighted by atomic mass is 32.2. The monoisotopic (exact) mass is 294 g/mol. The van der Waals surface area contributed by atoms with Crippen molar-refractivity contribution >= 4 is 11.8 Å². The number of nitrogens with one attached hydrogen (secondary N) is 1. The number of thioether (sulfide) groups is 1. The quantitative estimate of drug-likeness (QED) is 0.503. The lowest BCUT2D eigenvalue weighted by Crippen LogP contribution is -2.29. The Bertz CT molecular complexity index is 590. The molecule has 0 saturated carbocycles. The molecule has 0 radical (unpaired) electrons. The van der Waals surface area contributed by atoms with Gasteiger partial charge in [0.15, 0.2) is 0 Å².